The Balaban J connectivity index is 1.56. The Morgan fingerprint density at radius 3 is 2.64 bits per heavy atom. The fourth-order valence-electron chi connectivity index (χ4n) is 3.94. The van der Waals surface area contributed by atoms with E-state index in [0.717, 1.165) is 18.5 Å². The monoisotopic (exact) mass is 299 g/mol. The van der Waals surface area contributed by atoms with Crippen molar-refractivity contribution < 1.29 is 0 Å². The van der Waals surface area contributed by atoms with Gasteiger partial charge in [0.25, 0.3) is 0 Å². The number of fused-ring (bicyclic) bond motifs is 1. The summed E-state index contributed by atoms with van der Waals surface area (Å²) in [4.78, 5) is 9.61. The number of benzene rings is 1. The fraction of sp³-hybridized carbons (Fsp3) is 0.632. The lowest BCUT2D eigenvalue weighted by Gasteiger charge is -2.43. The third-order valence-electron chi connectivity index (χ3n) is 5.22. The minimum Gasteiger partial charge on any atom is -0.378 e. The lowest BCUT2D eigenvalue weighted by Crippen LogP contribution is -2.48. The highest BCUT2D eigenvalue weighted by molar-refractivity contribution is 5.80. The summed E-state index contributed by atoms with van der Waals surface area (Å²) in [5.74, 6) is 0.770. The van der Waals surface area contributed by atoms with Gasteiger partial charge in [0.05, 0.1) is 0 Å². The Morgan fingerprint density at radius 2 is 1.86 bits per heavy atom. The Bertz CT molecular complexity index is 490. The zero-order valence-corrected chi connectivity index (χ0v) is 14.0. The highest BCUT2D eigenvalue weighted by Crippen LogP contribution is 2.30. The summed E-state index contributed by atoms with van der Waals surface area (Å²) in [6.45, 7) is 3.63. The zero-order chi connectivity index (χ0) is 15.4. The molecule has 2 fully saturated rings. The van der Waals surface area contributed by atoms with Gasteiger partial charge in [-0.3, -0.25) is 4.99 Å². The molecule has 2 atom stereocenters. The van der Waals surface area contributed by atoms with Crippen LogP contribution >= 0.6 is 0 Å². The van der Waals surface area contributed by atoms with E-state index < -0.39 is 0 Å². The quantitative estimate of drug-likeness (QED) is 0.793. The van der Waals surface area contributed by atoms with Gasteiger partial charge in [0.1, 0.15) is 0 Å². The van der Waals surface area contributed by atoms with Crippen LogP contribution in [0.3, 0.4) is 0 Å². The summed E-state index contributed by atoms with van der Waals surface area (Å²) < 4.78 is 0. The molecule has 2 saturated heterocycles. The van der Waals surface area contributed by atoms with E-state index in [1.807, 2.05) is 0 Å². The van der Waals surface area contributed by atoms with Crippen LogP contribution in [-0.4, -0.2) is 50.9 Å². The van der Waals surface area contributed by atoms with E-state index in [-0.39, 0.29) is 0 Å². The van der Waals surface area contributed by atoms with E-state index in [2.05, 4.69) is 54.4 Å². The first kappa shape index (κ1) is 15.5. The number of rotatable bonds is 4. The summed E-state index contributed by atoms with van der Waals surface area (Å²) >= 11 is 0. The average Bonchev–Trinajstić information content (AvgIpc) is 2.55. The number of piperidine rings is 2. The smallest absolute Gasteiger partial charge is 0.0432 e. The van der Waals surface area contributed by atoms with Gasteiger partial charge in [-0.2, -0.15) is 0 Å². The number of hydrogen-bond acceptors (Lipinski definition) is 3. The second-order valence-electron chi connectivity index (χ2n) is 6.98. The van der Waals surface area contributed by atoms with Crippen molar-refractivity contribution in [3.8, 4) is 0 Å². The molecule has 0 aromatic heterocycles. The topological polar surface area (TPSA) is 18.8 Å². The van der Waals surface area contributed by atoms with Crippen molar-refractivity contribution in [2.45, 2.75) is 38.1 Å². The van der Waals surface area contributed by atoms with Crippen LogP contribution in [-0.2, 0) is 0 Å². The van der Waals surface area contributed by atoms with E-state index in [1.54, 1.807) is 0 Å². The van der Waals surface area contributed by atoms with Crippen LogP contribution < -0.4 is 4.90 Å². The molecular weight excluding hydrogens is 270 g/mol. The molecule has 1 aromatic carbocycles. The first-order valence-corrected chi connectivity index (χ1v) is 8.75. The van der Waals surface area contributed by atoms with Crippen molar-refractivity contribution in [2.24, 2.45) is 10.9 Å². The molecule has 0 saturated carbocycles. The van der Waals surface area contributed by atoms with Crippen LogP contribution in [0.25, 0.3) is 0 Å². The largest absolute Gasteiger partial charge is 0.378 e. The van der Waals surface area contributed by atoms with Crippen LogP contribution in [0.2, 0.25) is 0 Å². The van der Waals surface area contributed by atoms with Crippen molar-refractivity contribution in [1.82, 2.24) is 4.90 Å². The van der Waals surface area contributed by atoms with Crippen molar-refractivity contribution in [2.75, 3.05) is 38.6 Å². The average molecular weight is 299 g/mol. The highest BCUT2D eigenvalue weighted by atomic mass is 15.2. The molecule has 0 aliphatic carbocycles. The normalized spacial score (nSPS) is 26.1. The molecule has 0 N–H and O–H groups in total. The van der Waals surface area contributed by atoms with Gasteiger partial charge in [0, 0.05) is 38.6 Å². The first-order valence-electron chi connectivity index (χ1n) is 8.75. The predicted octanol–water partition coefficient (Wildman–Crippen LogP) is 3.44. The molecule has 3 heteroatoms. The first-order chi connectivity index (χ1) is 10.7. The van der Waals surface area contributed by atoms with Gasteiger partial charge in [0.15, 0.2) is 0 Å². The minimum absolute atomic E-state index is 0.770. The van der Waals surface area contributed by atoms with E-state index in [1.165, 1.54) is 56.4 Å². The fourth-order valence-corrected chi connectivity index (χ4v) is 3.94. The van der Waals surface area contributed by atoms with Crippen LogP contribution in [0.15, 0.2) is 29.3 Å². The summed E-state index contributed by atoms with van der Waals surface area (Å²) in [6.07, 6.45) is 8.96. The molecule has 3 nitrogen and oxygen atoms in total. The molecule has 3 rings (SSSR count). The third-order valence-corrected chi connectivity index (χ3v) is 5.22. The molecule has 0 bridgehead atoms. The highest BCUT2D eigenvalue weighted by Gasteiger charge is 2.32. The van der Waals surface area contributed by atoms with E-state index in [9.17, 15) is 0 Å². The number of aliphatic imine (C=N–C) groups is 1. The van der Waals surface area contributed by atoms with Crippen LogP contribution in [0.1, 0.15) is 37.7 Å². The third kappa shape index (κ3) is 3.70. The van der Waals surface area contributed by atoms with Crippen molar-refractivity contribution in [3.63, 3.8) is 0 Å². The molecule has 2 aliphatic rings. The van der Waals surface area contributed by atoms with Crippen LogP contribution in [0.5, 0.6) is 0 Å². The maximum Gasteiger partial charge on any atom is 0.0432 e. The SMILES string of the molecule is CN(C)c1ccc(C=NC[C@@H]2CCCN3CCCC[C@H]23)cc1. The lowest BCUT2D eigenvalue weighted by atomic mass is 9.83. The summed E-state index contributed by atoms with van der Waals surface area (Å²) in [7, 11) is 4.14. The number of nitrogens with zero attached hydrogens (tertiary/aromatic N) is 3. The summed E-state index contributed by atoms with van der Waals surface area (Å²) in [5, 5.41) is 0. The van der Waals surface area contributed by atoms with Crippen LogP contribution in [0, 0.1) is 5.92 Å². The van der Waals surface area contributed by atoms with Gasteiger partial charge < -0.3 is 9.80 Å². The van der Waals surface area contributed by atoms with E-state index >= 15 is 0 Å². The van der Waals surface area contributed by atoms with Crippen LogP contribution in [0.4, 0.5) is 5.69 Å². The van der Waals surface area contributed by atoms with Crippen molar-refractivity contribution in [1.29, 1.82) is 0 Å². The van der Waals surface area contributed by atoms with Gasteiger partial charge in [-0.15, -0.1) is 0 Å². The van der Waals surface area contributed by atoms with Crippen molar-refractivity contribution >= 4 is 11.9 Å². The van der Waals surface area contributed by atoms with Gasteiger partial charge in [0.2, 0.25) is 0 Å². The Labute approximate surface area is 135 Å². The minimum atomic E-state index is 0.770. The maximum atomic E-state index is 4.77. The molecule has 1 aromatic rings. The zero-order valence-electron chi connectivity index (χ0n) is 14.0. The molecular formula is C19H29N3. The van der Waals surface area contributed by atoms with Gasteiger partial charge in [-0.25, -0.2) is 0 Å². The molecule has 0 spiro atoms. The second-order valence-corrected chi connectivity index (χ2v) is 6.98. The van der Waals surface area contributed by atoms with Gasteiger partial charge in [-0.05, 0) is 62.4 Å². The standard InChI is InChI=1S/C19H29N3/c1-21(2)18-10-8-16(9-11-18)14-20-15-17-6-5-13-22-12-4-3-7-19(17)22/h8-11,14,17,19H,3-7,12-13,15H2,1-2H3/t17-,19+/m0/s1. The number of hydrogen-bond donors (Lipinski definition) is 0. The molecule has 0 amide bonds. The Hall–Kier alpha value is -1.35. The summed E-state index contributed by atoms with van der Waals surface area (Å²) in [5.41, 5.74) is 2.45. The molecule has 120 valence electrons. The second kappa shape index (κ2) is 7.28. The summed E-state index contributed by atoms with van der Waals surface area (Å²) in [6, 6.07) is 9.44. The Kier molecular flexibility index (Phi) is 5.14. The Morgan fingerprint density at radius 1 is 1.09 bits per heavy atom. The van der Waals surface area contributed by atoms with Gasteiger partial charge >= 0.3 is 0 Å². The number of anilines is 1. The molecule has 22 heavy (non-hydrogen) atoms. The predicted molar refractivity (Wildman–Crippen MR) is 95.2 cm³/mol. The van der Waals surface area contributed by atoms with Crippen molar-refractivity contribution in [3.05, 3.63) is 29.8 Å². The van der Waals surface area contributed by atoms with E-state index in [0.29, 0.717) is 0 Å². The molecule has 2 heterocycles. The lowest BCUT2D eigenvalue weighted by molar-refractivity contribution is 0.0635. The van der Waals surface area contributed by atoms with E-state index in [4.69, 9.17) is 4.99 Å². The van der Waals surface area contributed by atoms with Gasteiger partial charge in [-0.1, -0.05) is 18.6 Å². The maximum absolute atomic E-state index is 4.77. The molecule has 0 radical (unpaired) electrons. The molecule has 0 unspecified atom stereocenters. The molecule has 2 aliphatic heterocycles.